The molecule has 1 atom stereocenters. The van der Waals surface area contributed by atoms with Gasteiger partial charge < -0.3 is 11.1 Å². The SMILES string of the molecule is Nc1ccc(C(=O)NC(c2ccc(F)cc2)C2CCCC2)cc1. The van der Waals surface area contributed by atoms with Gasteiger partial charge in [0.15, 0.2) is 0 Å². The van der Waals surface area contributed by atoms with Gasteiger partial charge in [-0.15, -0.1) is 0 Å². The maximum Gasteiger partial charge on any atom is 0.251 e. The number of nitrogens with one attached hydrogen (secondary N) is 1. The number of nitrogen functional groups attached to an aromatic ring is 1. The molecule has 1 amide bonds. The lowest BCUT2D eigenvalue weighted by Gasteiger charge is -2.25. The number of nitrogens with two attached hydrogens (primary N) is 1. The van der Waals surface area contributed by atoms with Gasteiger partial charge in [0.05, 0.1) is 6.04 Å². The molecular formula is C19H21FN2O. The van der Waals surface area contributed by atoms with Crippen molar-refractivity contribution in [1.29, 1.82) is 0 Å². The summed E-state index contributed by atoms with van der Waals surface area (Å²) in [5, 5.41) is 3.13. The van der Waals surface area contributed by atoms with Gasteiger partial charge in [-0.2, -0.15) is 0 Å². The molecule has 1 aliphatic rings. The summed E-state index contributed by atoms with van der Waals surface area (Å²) >= 11 is 0. The fraction of sp³-hybridized carbons (Fsp3) is 0.316. The number of rotatable bonds is 4. The summed E-state index contributed by atoms with van der Waals surface area (Å²) < 4.78 is 13.2. The fourth-order valence-electron chi connectivity index (χ4n) is 3.29. The van der Waals surface area contributed by atoms with Crippen LogP contribution in [0.2, 0.25) is 0 Å². The van der Waals surface area contributed by atoms with Crippen molar-refractivity contribution in [2.75, 3.05) is 5.73 Å². The molecule has 0 heterocycles. The minimum atomic E-state index is -0.260. The number of halogens is 1. The van der Waals surface area contributed by atoms with E-state index in [0.29, 0.717) is 17.2 Å². The summed E-state index contributed by atoms with van der Waals surface area (Å²) in [6.45, 7) is 0. The summed E-state index contributed by atoms with van der Waals surface area (Å²) in [4.78, 5) is 12.5. The molecule has 1 saturated carbocycles. The topological polar surface area (TPSA) is 55.1 Å². The van der Waals surface area contributed by atoms with E-state index in [1.54, 1.807) is 36.4 Å². The fourth-order valence-corrected chi connectivity index (χ4v) is 3.29. The van der Waals surface area contributed by atoms with Crippen molar-refractivity contribution in [1.82, 2.24) is 5.32 Å². The molecule has 0 spiro atoms. The van der Waals surface area contributed by atoms with Crippen molar-refractivity contribution in [2.45, 2.75) is 31.7 Å². The second-order valence-electron chi connectivity index (χ2n) is 6.17. The van der Waals surface area contributed by atoms with E-state index in [2.05, 4.69) is 5.32 Å². The third-order valence-corrected chi connectivity index (χ3v) is 4.56. The minimum absolute atomic E-state index is 0.0804. The first kappa shape index (κ1) is 15.5. The lowest BCUT2D eigenvalue weighted by Crippen LogP contribution is -2.32. The number of carbonyl (C=O) groups excluding carboxylic acids is 1. The van der Waals surface area contributed by atoms with Crippen molar-refractivity contribution in [3.05, 3.63) is 65.5 Å². The van der Waals surface area contributed by atoms with E-state index in [0.717, 1.165) is 18.4 Å². The van der Waals surface area contributed by atoms with Crippen LogP contribution in [0, 0.1) is 11.7 Å². The predicted molar refractivity (Wildman–Crippen MR) is 89.4 cm³/mol. The first-order valence-corrected chi connectivity index (χ1v) is 8.05. The summed E-state index contributed by atoms with van der Waals surface area (Å²) in [7, 11) is 0. The maximum absolute atomic E-state index is 13.2. The predicted octanol–water partition coefficient (Wildman–Crippen LogP) is 4.07. The molecule has 2 aromatic rings. The Hall–Kier alpha value is -2.36. The number of amides is 1. The molecule has 0 bridgehead atoms. The molecule has 3 N–H and O–H groups in total. The van der Waals surface area contributed by atoms with Crippen LogP contribution in [-0.2, 0) is 0 Å². The van der Waals surface area contributed by atoms with Crippen LogP contribution in [0.15, 0.2) is 48.5 Å². The van der Waals surface area contributed by atoms with Gasteiger partial charge in [-0.25, -0.2) is 4.39 Å². The van der Waals surface area contributed by atoms with Gasteiger partial charge in [0.25, 0.3) is 5.91 Å². The van der Waals surface area contributed by atoms with Gasteiger partial charge in [-0.05, 0) is 60.7 Å². The number of hydrogen-bond acceptors (Lipinski definition) is 2. The molecule has 0 saturated heterocycles. The Morgan fingerprint density at radius 2 is 1.65 bits per heavy atom. The van der Waals surface area contributed by atoms with E-state index in [1.165, 1.54) is 25.0 Å². The molecule has 1 aliphatic carbocycles. The molecule has 1 fully saturated rings. The maximum atomic E-state index is 13.2. The van der Waals surface area contributed by atoms with E-state index >= 15 is 0 Å². The lowest BCUT2D eigenvalue weighted by molar-refractivity contribution is 0.0922. The Morgan fingerprint density at radius 3 is 2.26 bits per heavy atom. The smallest absolute Gasteiger partial charge is 0.251 e. The van der Waals surface area contributed by atoms with Crippen LogP contribution in [-0.4, -0.2) is 5.91 Å². The third-order valence-electron chi connectivity index (χ3n) is 4.56. The monoisotopic (exact) mass is 312 g/mol. The van der Waals surface area contributed by atoms with Crippen LogP contribution in [0.3, 0.4) is 0 Å². The van der Waals surface area contributed by atoms with Crippen LogP contribution < -0.4 is 11.1 Å². The van der Waals surface area contributed by atoms with Crippen molar-refractivity contribution in [2.24, 2.45) is 5.92 Å². The molecule has 120 valence electrons. The molecule has 0 aliphatic heterocycles. The summed E-state index contributed by atoms with van der Waals surface area (Å²) in [5.41, 5.74) is 7.85. The largest absolute Gasteiger partial charge is 0.399 e. The van der Waals surface area contributed by atoms with Gasteiger partial charge in [0.1, 0.15) is 5.82 Å². The Labute approximate surface area is 135 Å². The van der Waals surface area contributed by atoms with E-state index in [1.807, 2.05) is 0 Å². The van der Waals surface area contributed by atoms with Crippen molar-refractivity contribution in [3.63, 3.8) is 0 Å². The van der Waals surface area contributed by atoms with Gasteiger partial charge in [-0.3, -0.25) is 4.79 Å². The highest BCUT2D eigenvalue weighted by Gasteiger charge is 2.28. The first-order valence-electron chi connectivity index (χ1n) is 8.05. The Morgan fingerprint density at radius 1 is 1.04 bits per heavy atom. The zero-order valence-electron chi connectivity index (χ0n) is 13.0. The highest BCUT2D eigenvalue weighted by molar-refractivity contribution is 5.94. The number of carbonyl (C=O) groups is 1. The van der Waals surface area contributed by atoms with Crippen LogP contribution in [0.1, 0.15) is 47.6 Å². The molecule has 0 radical (unpaired) electrons. The molecule has 3 rings (SSSR count). The van der Waals surface area contributed by atoms with E-state index in [9.17, 15) is 9.18 Å². The zero-order chi connectivity index (χ0) is 16.2. The second-order valence-corrected chi connectivity index (χ2v) is 6.17. The minimum Gasteiger partial charge on any atom is -0.399 e. The zero-order valence-corrected chi connectivity index (χ0v) is 13.0. The van der Waals surface area contributed by atoms with Crippen molar-refractivity contribution < 1.29 is 9.18 Å². The molecular weight excluding hydrogens is 291 g/mol. The first-order chi connectivity index (χ1) is 11.1. The van der Waals surface area contributed by atoms with Crippen LogP contribution >= 0.6 is 0 Å². The number of hydrogen-bond donors (Lipinski definition) is 2. The van der Waals surface area contributed by atoms with Gasteiger partial charge >= 0.3 is 0 Å². The van der Waals surface area contributed by atoms with E-state index < -0.39 is 0 Å². The number of benzene rings is 2. The van der Waals surface area contributed by atoms with E-state index in [-0.39, 0.29) is 17.8 Å². The molecule has 4 heteroatoms. The third kappa shape index (κ3) is 3.70. The normalized spacial score (nSPS) is 16.2. The standard InChI is InChI=1S/C19H21FN2O/c20-16-9-5-14(6-10-16)18(13-3-1-2-4-13)22-19(23)15-7-11-17(21)12-8-15/h5-13,18H,1-4,21H2,(H,22,23). The van der Waals surface area contributed by atoms with Gasteiger partial charge in [-0.1, -0.05) is 25.0 Å². The summed E-state index contributed by atoms with van der Waals surface area (Å²) in [5.74, 6) is 0.0215. The Balaban J connectivity index is 1.81. The van der Waals surface area contributed by atoms with Crippen LogP contribution in [0.5, 0.6) is 0 Å². The quantitative estimate of drug-likeness (QED) is 0.836. The van der Waals surface area contributed by atoms with Crippen molar-refractivity contribution >= 4 is 11.6 Å². The van der Waals surface area contributed by atoms with Crippen LogP contribution in [0.25, 0.3) is 0 Å². The Bertz CT molecular complexity index is 661. The Kier molecular flexibility index (Phi) is 4.60. The highest BCUT2D eigenvalue weighted by atomic mass is 19.1. The molecule has 23 heavy (non-hydrogen) atoms. The lowest BCUT2D eigenvalue weighted by atomic mass is 9.91. The van der Waals surface area contributed by atoms with Gasteiger partial charge in [0, 0.05) is 11.3 Å². The average Bonchev–Trinajstić information content (AvgIpc) is 3.08. The molecule has 1 unspecified atom stereocenters. The summed E-state index contributed by atoms with van der Waals surface area (Å²) in [6, 6.07) is 13.2. The van der Waals surface area contributed by atoms with Gasteiger partial charge in [0.2, 0.25) is 0 Å². The second kappa shape index (κ2) is 6.82. The molecule has 3 nitrogen and oxygen atoms in total. The molecule has 0 aromatic heterocycles. The number of anilines is 1. The average molecular weight is 312 g/mol. The highest BCUT2D eigenvalue weighted by Crippen LogP contribution is 2.36. The molecule has 2 aromatic carbocycles. The van der Waals surface area contributed by atoms with Crippen LogP contribution in [0.4, 0.5) is 10.1 Å². The van der Waals surface area contributed by atoms with Crippen molar-refractivity contribution in [3.8, 4) is 0 Å². The summed E-state index contributed by atoms with van der Waals surface area (Å²) in [6.07, 6.45) is 4.54. The van der Waals surface area contributed by atoms with E-state index in [4.69, 9.17) is 5.73 Å².